The monoisotopic (exact) mass is 287 g/mol. The maximum atomic E-state index is 13.8. The third-order valence-electron chi connectivity index (χ3n) is 3.57. The molecule has 0 atom stereocenters. The van der Waals surface area contributed by atoms with Crippen molar-refractivity contribution in [3.05, 3.63) is 53.3 Å². The van der Waals surface area contributed by atoms with E-state index in [0.717, 1.165) is 29.0 Å². The summed E-state index contributed by atoms with van der Waals surface area (Å²) in [4.78, 5) is 0. The second-order valence-corrected chi connectivity index (χ2v) is 5.47. The van der Waals surface area contributed by atoms with Gasteiger partial charge in [-0.2, -0.15) is 0 Å². The summed E-state index contributed by atoms with van der Waals surface area (Å²) in [5.41, 5.74) is 3.75. The molecule has 0 aliphatic carbocycles. The number of ether oxygens (including phenoxy) is 1. The van der Waals surface area contributed by atoms with E-state index < -0.39 is 0 Å². The highest BCUT2D eigenvalue weighted by molar-refractivity contribution is 5.71. The van der Waals surface area contributed by atoms with Crippen molar-refractivity contribution in [2.45, 2.75) is 33.4 Å². The number of methoxy groups -OCH3 is 1. The molecule has 0 unspecified atom stereocenters. The second kappa shape index (κ2) is 6.72. The smallest absolute Gasteiger partial charge is 0.126 e. The molecule has 0 saturated carbocycles. The summed E-state index contributed by atoms with van der Waals surface area (Å²) in [6.45, 7) is 6.75. The normalized spacial score (nSPS) is 11.0. The van der Waals surface area contributed by atoms with Crippen LogP contribution in [-0.4, -0.2) is 13.2 Å². The van der Waals surface area contributed by atoms with E-state index in [1.165, 1.54) is 6.07 Å². The lowest BCUT2D eigenvalue weighted by molar-refractivity contribution is 0.414. The van der Waals surface area contributed by atoms with Gasteiger partial charge in [-0.15, -0.1) is 0 Å². The highest BCUT2D eigenvalue weighted by Crippen LogP contribution is 2.30. The molecule has 0 aromatic heterocycles. The molecule has 21 heavy (non-hydrogen) atoms. The van der Waals surface area contributed by atoms with Crippen LogP contribution in [0.1, 0.15) is 25.0 Å². The third kappa shape index (κ3) is 3.61. The fourth-order valence-electron chi connectivity index (χ4n) is 2.32. The Balaban J connectivity index is 2.48. The highest BCUT2D eigenvalue weighted by atomic mass is 19.1. The summed E-state index contributed by atoms with van der Waals surface area (Å²) in [5.74, 6) is 0.638. The van der Waals surface area contributed by atoms with Gasteiger partial charge in [0.15, 0.2) is 0 Å². The van der Waals surface area contributed by atoms with E-state index in [9.17, 15) is 4.39 Å². The first-order valence-corrected chi connectivity index (χ1v) is 7.18. The van der Waals surface area contributed by atoms with Gasteiger partial charge >= 0.3 is 0 Å². The SMILES string of the molecule is COc1ccc(-c2cccc(F)c2C)c(CNC(C)C)c1. The van der Waals surface area contributed by atoms with Crippen molar-refractivity contribution in [3.63, 3.8) is 0 Å². The average Bonchev–Trinajstić information content (AvgIpc) is 2.48. The summed E-state index contributed by atoms with van der Waals surface area (Å²) >= 11 is 0. The number of hydrogen-bond acceptors (Lipinski definition) is 2. The Morgan fingerprint density at radius 1 is 1.14 bits per heavy atom. The maximum absolute atomic E-state index is 13.8. The summed E-state index contributed by atoms with van der Waals surface area (Å²) in [6.07, 6.45) is 0. The van der Waals surface area contributed by atoms with Crippen LogP contribution in [0.15, 0.2) is 36.4 Å². The van der Waals surface area contributed by atoms with Crippen LogP contribution < -0.4 is 10.1 Å². The van der Waals surface area contributed by atoms with Crippen LogP contribution in [0.25, 0.3) is 11.1 Å². The molecule has 2 aromatic rings. The van der Waals surface area contributed by atoms with E-state index in [1.54, 1.807) is 13.2 Å². The summed E-state index contributed by atoms with van der Waals surface area (Å²) in [7, 11) is 1.65. The van der Waals surface area contributed by atoms with Gasteiger partial charge in [-0.25, -0.2) is 4.39 Å². The van der Waals surface area contributed by atoms with Gasteiger partial charge in [0, 0.05) is 12.6 Å². The van der Waals surface area contributed by atoms with E-state index in [4.69, 9.17) is 4.74 Å². The molecule has 0 amide bonds. The van der Waals surface area contributed by atoms with Crippen molar-refractivity contribution in [3.8, 4) is 16.9 Å². The van der Waals surface area contributed by atoms with Crippen LogP contribution in [0, 0.1) is 12.7 Å². The standard InChI is InChI=1S/C18H22FNO/c1-12(2)20-11-14-10-15(21-4)8-9-17(14)16-6-5-7-18(19)13(16)3/h5-10,12,20H,11H2,1-4H3. The fourth-order valence-corrected chi connectivity index (χ4v) is 2.32. The molecule has 112 valence electrons. The Morgan fingerprint density at radius 3 is 2.57 bits per heavy atom. The van der Waals surface area contributed by atoms with E-state index in [1.807, 2.05) is 31.2 Å². The van der Waals surface area contributed by atoms with E-state index in [2.05, 4.69) is 19.2 Å². The quantitative estimate of drug-likeness (QED) is 0.885. The van der Waals surface area contributed by atoms with Crippen LogP contribution in [0.4, 0.5) is 4.39 Å². The Hall–Kier alpha value is -1.87. The largest absolute Gasteiger partial charge is 0.497 e. The van der Waals surface area contributed by atoms with Gasteiger partial charge in [0.25, 0.3) is 0 Å². The van der Waals surface area contributed by atoms with Crippen molar-refractivity contribution in [2.75, 3.05) is 7.11 Å². The Labute approximate surface area is 126 Å². The van der Waals surface area contributed by atoms with Crippen molar-refractivity contribution in [2.24, 2.45) is 0 Å². The highest BCUT2D eigenvalue weighted by Gasteiger charge is 2.11. The summed E-state index contributed by atoms with van der Waals surface area (Å²) in [6, 6.07) is 11.5. The van der Waals surface area contributed by atoms with Gasteiger partial charge in [0.05, 0.1) is 7.11 Å². The number of rotatable bonds is 5. The van der Waals surface area contributed by atoms with Crippen molar-refractivity contribution < 1.29 is 9.13 Å². The minimum atomic E-state index is -0.175. The number of nitrogens with one attached hydrogen (secondary N) is 1. The van der Waals surface area contributed by atoms with E-state index >= 15 is 0 Å². The molecule has 2 rings (SSSR count). The van der Waals surface area contributed by atoms with Gasteiger partial charge in [-0.1, -0.05) is 32.0 Å². The third-order valence-corrected chi connectivity index (χ3v) is 3.57. The van der Waals surface area contributed by atoms with Gasteiger partial charge in [-0.05, 0) is 47.4 Å². The van der Waals surface area contributed by atoms with Crippen molar-refractivity contribution in [1.82, 2.24) is 5.32 Å². The molecule has 2 nitrogen and oxygen atoms in total. The number of benzene rings is 2. The minimum Gasteiger partial charge on any atom is -0.497 e. The van der Waals surface area contributed by atoms with Crippen molar-refractivity contribution in [1.29, 1.82) is 0 Å². The van der Waals surface area contributed by atoms with Crippen LogP contribution in [0.5, 0.6) is 5.75 Å². The first-order valence-electron chi connectivity index (χ1n) is 7.18. The van der Waals surface area contributed by atoms with Crippen LogP contribution in [0.2, 0.25) is 0 Å². The lowest BCUT2D eigenvalue weighted by Gasteiger charge is -2.16. The molecular weight excluding hydrogens is 265 g/mol. The zero-order valence-electron chi connectivity index (χ0n) is 13.0. The zero-order valence-corrected chi connectivity index (χ0v) is 13.0. The zero-order chi connectivity index (χ0) is 15.4. The molecule has 0 saturated heterocycles. The Bertz CT molecular complexity index is 623. The molecule has 0 aliphatic heterocycles. The molecule has 0 bridgehead atoms. The number of halogens is 1. The van der Waals surface area contributed by atoms with Gasteiger partial charge < -0.3 is 10.1 Å². The Morgan fingerprint density at radius 2 is 1.90 bits per heavy atom. The predicted octanol–water partition coefficient (Wildman–Crippen LogP) is 4.31. The van der Waals surface area contributed by atoms with Crippen LogP contribution in [-0.2, 0) is 6.54 Å². The average molecular weight is 287 g/mol. The molecule has 3 heteroatoms. The first kappa shape index (κ1) is 15.5. The second-order valence-electron chi connectivity index (χ2n) is 5.47. The molecule has 2 aromatic carbocycles. The molecule has 0 spiro atoms. The van der Waals surface area contributed by atoms with Gasteiger partial charge in [0.1, 0.15) is 11.6 Å². The fraction of sp³-hybridized carbons (Fsp3) is 0.333. The molecule has 0 heterocycles. The molecule has 0 fully saturated rings. The molecule has 1 N–H and O–H groups in total. The topological polar surface area (TPSA) is 21.3 Å². The lowest BCUT2D eigenvalue weighted by Crippen LogP contribution is -2.22. The van der Waals surface area contributed by atoms with E-state index in [-0.39, 0.29) is 5.82 Å². The Kier molecular flexibility index (Phi) is 4.97. The van der Waals surface area contributed by atoms with Crippen LogP contribution in [0.3, 0.4) is 0 Å². The lowest BCUT2D eigenvalue weighted by atomic mass is 9.95. The summed E-state index contributed by atoms with van der Waals surface area (Å²) < 4.78 is 19.1. The first-order chi connectivity index (χ1) is 10.0. The molecular formula is C18H22FNO. The van der Waals surface area contributed by atoms with E-state index in [0.29, 0.717) is 11.6 Å². The molecule has 0 aliphatic rings. The minimum absolute atomic E-state index is 0.175. The number of hydrogen-bond donors (Lipinski definition) is 1. The van der Waals surface area contributed by atoms with Gasteiger partial charge in [-0.3, -0.25) is 0 Å². The molecule has 0 radical (unpaired) electrons. The summed E-state index contributed by atoms with van der Waals surface area (Å²) in [5, 5.41) is 3.41. The maximum Gasteiger partial charge on any atom is 0.126 e. The van der Waals surface area contributed by atoms with Crippen molar-refractivity contribution >= 4 is 0 Å². The van der Waals surface area contributed by atoms with Gasteiger partial charge in [0.2, 0.25) is 0 Å². The predicted molar refractivity (Wildman–Crippen MR) is 85.1 cm³/mol. The van der Waals surface area contributed by atoms with Crippen LogP contribution >= 0.6 is 0 Å².